The van der Waals surface area contributed by atoms with Crippen molar-refractivity contribution in [2.24, 2.45) is 10.3 Å². The number of hydrazine groups is 1. The molecule has 2 aliphatic rings. The van der Waals surface area contributed by atoms with Gasteiger partial charge in [-0.15, -0.1) is 5.11 Å². The van der Waals surface area contributed by atoms with Crippen molar-refractivity contribution in [1.82, 2.24) is 10.5 Å². The van der Waals surface area contributed by atoms with E-state index in [1.54, 1.807) is 0 Å². The van der Waals surface area contributed by atoms with Crippen LogP contribution in [0.4, 0.5) is 0 Å². The Labute approximate surface area is 47.5 Å². The Morgan fingerprint density at radius 1 is 1.62 bits per heavy atom. The summed E-state index contributed by atoms with van der Waals surface area (Å²) in [6, 6.07) is 0. The van der Waals surface area contributed by atoms with E-state index in [0.29, 0.717) is 0 Å². The van der Waals surface area contributed by atoms with Gasteiger partial charge in [0.15, 0.2) is 5.66 Å². The van der Waals surface area contributed by atoms with Crippen LogP contribution >= 0.6 is 0 Å². The third kappa shape index (κ3) is 0.338. The molecule has 1 aliphatic heterocycles. The standard InChI is InChI=1S/C4H8N4/c1-8-4(2-3-4)5-6-7-8/h2-3H2,1H3,(H,5,7). The maximum Gasteiger partial charge on any atom is 0.154 e. The van der Waals surface area contributed by atoms with Crippen molar-refractivity contribution in [3.63, 3.8) is 0 Å². The van der Waals surface area contributed by atoms with Gasteiger partial charge in [-0.2, -0.15) is 5.01 Å². The first-order chi connectivity index (χ1) is 3.83. The second-order valence-corrected chi connectivity index (χ2v) is 2.34. The highest BCUT2D eigenvalue weighted by Gasteiger charge is 2.50. The summed E-state index contributed by atoms with van der Waals surface area (Å²) < 4.78 is 0. The molecule has 4 heteroatoms. The summed E-state index contributed by atoms with van der Waals surface area (Å²) in [4.78, 5) is 0. The van der Waals surface area contributed by atoms with Crippen LogP contribution in [0.5, 0.6) is 0 Å². The Balaban J connectivity index is 2.22. The molecule has 1 saturated carbocycles. The van der Waals surface area contributed by atoms with E-state index in [-0.39, 0.29) is 5.66 Å². The Morgan fingerprint density at radius 3 is 2.62 bits per heavy atom. The minimum absolute atomic E-state index is 0.0833. The van der Waals surface area contributed by atoms with Crippen molar-refractivity contribution in [2.75, 3.05) is 7.05 Å². The second-order valence-electron chi connectivity index (χ2n) is 2.34. The van der Waals surface area contributed by atoms with E-state index in [1.165, 1.54) is 0 Å². The third-order valence-corrected chi connectivity index (χ3v) is 1.75. The zero-order valence-corrected chi connectivity index (χ0v) is 4.76. The highest BCUT2D eigenvalue weighted by atomic mass is 15.8. The van der Waals surface area contributed by atoms with Crippen molar-refractivity contribution in [1.29, 1.82) is 0 Å². The predicted molar refractivity (Wildman–Crippen MR) is 27.7 cm³/mol. The van der Waals surface area contributed by atoms with Crippen LogP contribution in [0.3, 0.4) is 0 Å². The normalized spacial score (nSPS) is 31.1. The second kappa shape index (κ2) is 1.02. The van der Waals surface area contributed by atoms with E-state index in [4.69, 9.17) is 0 Å². The molecule has 0 saturated heterocycles. The molecule has 44 valence electrons. The molecule has 4 nitrogen and oxygen atoms in total. The van der Waals surface area contributed by atoms with Gasteiger partial charge < -0.3 is 0 Å². The van der Waals surface area contributed by atoms with Crippen molar-refractivity contribution in [2.45, 2.75) is 18.5 Å². The average Bonchev–Trinajstić information content (AvgIpc) is 2.39. The zero-order valence-electron chi connectivity index (χ0n) is 4.76. The fraction of sp³-hybridized carbons (Fsp3) is 1.00. The summed E-state index contributed by atoms with van der Waals surface area (Å²) in [6.45, 7) is 0. The molecule has 1 spiro atoms. The lowest BCUT2D eigenvalue weighted by Crippen LogP contribution is -2.34. The van der Waals surface area contributed by atoms with Gasteiger partial charge in [-0.1, -0.05) is 5.22 Å². The number of rotatable bonds is 0. The highest BCUT2D eigenvalue weighted by molar-refractivity contribution is 4.99. The molecule has 1 heterocycles. The van der Waals surface area contributed by atoms with Crippen LogP contribution in [-0.2, 0) is 0 Å². The summed E-state index contributed by atoms with van der Waals surface area (Å²) in [7, 11) is 1.97. The summed E-state index contributed by atoms with van der Waals surface area (Å²) in [5.41, 5.74) is 2.85. The molecule has 0 unspecified atom stereocenters. The summed E-state index contributed by atoms with van der Waals surface area (Å²) in [5.74, 6) is 0. The molecule has 0 aromatic heterocycles. The number of nitrogens with one attached hydrogen (secondary N) is 1. The third-order valence-electron chi connectivity index (χ3n) is 1.75. The van der Waals surface area contributed by atoms with Crippen molar-refractivity contribution < 1.29 is 0 Å². The van der Waals surface area contributed by atoms with Crippen LogP contribution in [0.25, 0.3) is 0 Å². The van der Waals surface area contributed by atoms with Crippen LogP contribution in [0.15, 0.2) is 10.3 Å². The van der Waals surface area contributed by atoms with E-state index >= 15 is 0 Å². The van der Waals surface area contributed by atoms with Gasteiger partial charge in [-0.25, -0.2) is 5.53 Å². The van der Waals surface area contributed by atoms with Crippen molar-refractivity contribution in [3.05, 3.63) is 0 Å². The van der Waals surface area contributed by atoms with Crippen LogP contribution < -0.4 is 5.53 Å². The van der Waals surface area contributed by atoms with Gasteiger partial charge in [-0.3, -0.25) is 0 Å². The molecule has 1 N–H and O–H groups in total. The molecule has 0 aromatic carbocycles. The first-order valence-electron chi connectivity index (χ1n) is 2.75. The van der Waals surface area contributed by atoms with E-state index in [1.807, 2.05) is 12.1 Å². The van der Waals surface area contributed by atoms with Crippen LogP contribution in [0.1, 0.15) is 12.8 Å². The van der Waals surface area contributed by atoms with Gasteiger partial charge in [0.25, 0.3) is 0 Å². The Morgan fingerprint density at radius 2 is 2.38 bits per heavy atom. The summed E-state index contributed by atoms with van der Waals surface area (Å²) in [6.07, 6.45) is 2.31. The average molecular weight is 112 g/mol. The fourth-order valence-corrected chi connectivity index (χ4v) is 0.890. The first kappa shape index (κ1) is 4.26. The SMILES string of the molecule is CN1NN=NC12CC2. The van der Waals surface area contributed by atoms with Crippen LogP contribution in [0, 0.1) is 0 Å². The van der Waals surface area contributed by atoms with Gasteiger partial charge >= 0.3 is 0 Å². The van der Waals surface area contributed by atoms with E-state index < -0.39 is 0 Å². The quantitative estimate of drug-likeness (QED) is 0.489. The lowest BCUT2D eigenvalue weighted by Gasteiger charge is -2.11. The fourth-order valence-electron chi connectivity index (χ4n) is 0.890. The molecule has 0 amide bonds. The first-order valence-corrected chi connectivity index (χ1v) is 2.75. The van der Waals surface area contributed by atoms with Gasteiger partial charge in [0.1, 0.15) is 0 Å². The molecule has 0 radical (unpaired) electrons. The molecule has 2 rings (SSSR count). The van der Waals surface area contributed by atoms with E-state index in [9.17, 15) is 0 Å². The lowest BCUT2D eigenvalue weighted by molar-refractivity contribution is 0.203. The molecule has 0 atom stereocenters. The molecule has 1 aliphatic carbocycles. The van der Waals surface area contributed by atoms with E-state index in [2.05, 4.69) is 15.9 Å². The summed E-state index contributed by atoms with van der Waals surface area (Å²) >= 11 is 0. The van der Waals surface area contributed by atoms with E-state index in [0.717, 1.165) is 12.8 Å². The van der Waals surface area contributed by atoms with Gasteiger partial charge in [0, 0.05) is 7.05 Å². The van der Waals surface area contributed by atoms with Gasteiger partial charge in [0.05, 0.1) is 0 Å². The Bertz CT molecular complexity index is 137. The topological polar surface area (TPSA) is 40.0 Å². The molecule has 0 aromatic rings. The minimum Gasteiger partial charge on any atom is -0.220 e. The predicted octanol–water partition coefficient (Wildman–Crippen LogP) is 0.294. The van der Waals surface area contributed by atoms with Gasteiger partial charge in [0.2, 0.25) is 0 Å². The van der Waals surface area contributed by atoms with Crippen molar-refractivity contribution >= 4 is 0 Å². The number of nitrogens with zero attached hydrogens (tertiary/aromatic N) is 3. The zero-order chi connectivity index (χ0) is 5.61. The smallest absolute Gasteiger partial charge is 0.154 e. The monoisotopic (exact) mass is 112 g/mol. The van der Waals surface area contributed by atoms with Gasteiger partial charge in [-0.05, 0) is 12.8 Å². The highest BCUT2D eigenvalue weighted by Crippen LogP contribution is 2.43. The largest absolute Gasteiger partial charge is 0.220 e. The molecular weight excluding hydrogens is 104 g/mol. The lowest BCUT2D eigenvalue weighted by atomic mass is 10.5. The molecule has 1 fully saturated rings. The number of hydrogen-bond acceptors (Lipinski definition) is 4. The molecular formula is C4H8N4. The minimum atomic E-state index is 0.0833. The Hall–Kier alpha value is -0.640. The number of hydrogen-bond donors (Lipinski definition) is 1. The van der Waals surface area contributed by atoms with Crippen molar-refractivity contribution in [3.8, 4) is 0 Å². The molecule has 8 heavy (non-hydrogen) atoms. The Kier molecular flexibility index (Phi) is 0.545. The summed E-state index contributed by atoms with van der Waals surface area (Å²) in [5, 5.41) is 9.63. The molecule has 0 bridgehead atoms. The maximum absolute atomic E-state index is 4.00. The van der Waals surface area contributed by atoms with Crippen LogP contribution in [0.2, 0.25) is 0 Å². The van der Waals surface area contributed by atoms with Crippen LogP contribution in [-0.4, -0.2) is 17.7 Å². The maximum atomic E-state index is 4.00.